The quantitative estimate of drug-likeness (QED) is 0.702. The van der Waals surface area contributed by atoms with Crippen LogP contribution in [0.25, 0.3) is 0 Å². The molecule has 1 aliphatic carbocycles. The Balaban J connectivity index is 1.46. The number of piperidine rings is 1. The highest BCUT2D eigenvalue weighted by Crippen LogP contribution is 2.40. The highest BCUT2D eigenvalue weighted by Gasteiger charge is 2.43. The van der Waals surface area contributed by atoms with Gasteiger partial charge in [0.1, 0.15) is 0 Å². The molecule has 4 rings (SSSR count). The Bertz CT molecular complexity index is 1090. The molecule has 0 radical (unpaired) electrons. The van der Waals surface area contributed by atoms with Crippen LogP contribution >= 0.6 is 0 Å². The van der Waals surface area contributed by atoms with Crippen LogP contribution in [0.2, 0.25) is 0 Å². The topological polar surface area (TPSA) is 82.4 Å². The Morgan fingerprint density at radius 2 is 1.67 bits per heavy atom. The average molecular weight is 457 g/mol. The number of ether oxygens (including phenoxy) is 1. The summed E-state index contributed by atoms with van der Waals surface area (Å²) in [5.74, 6) is -0.526. The molecule has 1 N–H and O–H groups in total. The first kappa shape index (κ1) is 22.6. The summed E-state index contributed by atoms with van der Waals surface area (Å²) in [6.45, 7) is 1.04. The maximum atomic E-state index is 13.4. The minimum Gasteiger partial charge on any atom is -0.465 e. The van der Waals surface area contributed by atoms with Crippen molar-refractivity contribution in [2.75, 3.05) is 25.1 Å². The van der Waals surface area contributed by atoms with E-state index in [9.17, 15) is 22.8 Å². The largest absolute Gasteiger partial charge is 0.465 e. The van der Waals surface area contributed by atoms with Crippen molar-refractivity contribution in [2.45, 2.75) is 25.1 Å². The summed E-state index contributed by atoms with van der Waals surface area (Å²) in [5.41, 5.74) is -0.119. The van der Waals surface area contributed by atoms with Gasteiger partial charge in [-0.25, -0.2) is 4.79 Å². The minimum atomic E-state index is -4.60. The Morgan fingerprint density at radius 3 is 2.21 bits per heavy atom. The summed E-state index contributed by atoms with van der Waals surface area (Å²) >= 11 is 0. The zero-order valence-corrected chi connectivity index (χ0v) is 17.9. The fourth-order valence-corrected chi connectivity index (χ4v) is 4.84. The number of amides is 1. The second-order valence-corrected chi connectivity index (χ2v) is 8.41. The van der Waals surface area contributed by atoms with Gasteiger partial charge in [-0.15, -0.1) is 0 Å². The third-order valence-corrected chi connectivity index (χ3v) is 6.49. The van der Waals surface area contributed by atoms with Crippen molar-refractivity contribution < 1.29 is 27.5 Å². The van der Waals surface area contributed by atoms with Gasteiger partial charge in [0.15, 0.2) is 0 Å². The van der Waals surface area contributed by atoms with Crippen LogP contribution in [0.1, 0.15) is 44.7 Å². The molecule has 2 fully saturated rings. The molecule has 172 valence electrons. The van der Waals surface area contributed by atoms with Crippen LogP contribution in [0.3, 0.4) is 0 Å². The SMILES string of the molecule is COC(=O)c1ccc(C(=O)NC2C3CCC2CN(c2ccc(C#N)c(C(F)(F)F)c2)C3)cc1. The van der Waals surface area contributed by atoms with E-state index in [1.807, 2.05) is 4.90 Å². The van der Waals surface area contributed by atoms with Gasteiger partial charge < -0.3 is 15.0 Å². The number of nitrogens with zero attached hydrogens (tertiary/aromatic N) is 2. The maximum Gasteiger partial charge on any atom is 0.417 e. The summed E-state index contributed by atoms with van der Waals surface area (Å²) in [7, 11) is 1.28. The number of hydrogen-bond acceptors (Lipinski definition) is 5. The number of halogens is 3. The van der Waals surface area contributed by atoms with Crippen LogP contribution in [-0.4, -0.2) is 38.1 Å². The summed E-state index contributed by atoms with van der Waals surface area (Å²) in [5, 5.41) is 12.1. The van der Waals surface area contributed by atoms with Gasteiger partial charge in [0.25, 0.3) is 5.91 Å². The number of anilines is 1. The van der Waals surface area contributed by atoms with Crippen LogP contribution < -0.4 is 10.2 Å². The normalized spacial score (nSPS) is 21.9. The van der Waals surface area contributed by atoms with Gasteiger partial charge in [0, 0.05) is 30.4 Å². The van der Waals surface area contributed by atoms with E-state index in [0.29, 0.717) is 29.9 Å². The van der Waals surface area contributed by atoms with Crippen LogP contribution in [-0.2, 0) is 10.9 Å². The van der Waals surface area contributed by atoms with Crippen molar-refractivity contribution in [3.63, 3.8) is 0 Å². The molecule has 2 bridgehead atoms. The molecule has 1 aliphatic heterocycles. The van der Waals surface area contributed by atoms with E-state index in [0.717, 1.165) is 18.9 Å². The Morgan fingerprint density at radius 1 is 1.06 bits per heavy atom. The van der Waals surface area contributed by atoms with E-state index in [1.54, 1.807) is 24.3 Å². The summed E-state index contributed by atoms with van der Waals surface area (Å²) in [6.07, 6.45) is -2.86. The van der Waals surface area contributed by atoms with E-state index in [1.165, 1.54) is 25.3 Å². The van der Waals surface area contributed by atoms with E-state index >= 15 is 0 Å². The molecule has 33 heavy (non-hydrogen) atoms. The molecule has 2 aromatic rings. The number of esters is 1. The van der Waals surface area contributed by atoms with Gasteiger partial charge in [-0.1, -0.05) is 0 Å². The van der Waals surface area contributed by atoms with Crippen molar-refractivity contribution >= 4 is 17.6 Å². The second-order valence-electron chi connectivity index (χ2n) is 8.41. The molecule has 1 saturated carbocycles. The molecule has 1 amide bonds. The number of hydrogen-bond donors (Lipinski definition) is 1. The zero-order valence-electron chi connectivity index (χ0n) is 17.9. The van der Waals surface area contributed by atoms with Crippen molar-refractivity contribution in [1.82, 2.24) is 5.32 Å². The lowest BCUT2D eigenvalue weighted by Crippen LogP contribution is -2.52. The highest BCUT2D eigenvalue weighted by molar-refractivity contribution is 5.96. The highest BCUT2D eigenvalue weighted by atomic mass is 19.4. The molecule has 0 aromatic heterocycles. The second kappa shape index (κ2) is 8.77. The van der Waals surface area contributed by atoms with Gasteiger partial charge >= 0.3 is 12.1 Å². The van der Waals surface area contributed by atoms with E-state index in [2.05, 4.69) is 10.1 Å². The number of carbonyl (C=O) groups excluding carboxylic acids is 2. The number of alkyl halides is 3. The first-order valence-electron chi connectivity index (χ1n) is 10.6. The number of benzene rings is 2. The molecule has 2 unspecified atom stereocenters. The van der Waals surface area contributed by atoms with Crippen LogP contribution in [0.5, 0.6) is 0 Å². The Labute approximate surface area is 188 Å². The lowest BCUT2D eigenvalue weighted by molar-refractivity contribution is -0.137. The summed E-state index contributed by atoms with van der Waals surface area (Å²) in [6, 6.07) is 11.5. The van der Waals surface area contributed by atoms with Gasteiger partial charge in [0.05, 0.1) is 29.9 Å². The molecule has 2 atom stereocenters. The number of nitriles is 1. The predicted molar refractivity (Wildman–Crippen MR) is 114 cm³/mol. The number of methoxy groups -OCH3 is 1. The van der Waals surface area contributed by atoms with Crippen LogP contribution in [0.4, 0.5) is 18.9 Å². The molecule has 2 aliphatic rings. The lowest BCUT2D eigenvalue weighted by atomic mass is 9.91. The summed E-state index contributed by atoms with van der Waals surface area (Å²) in [4.78, 5) is 26.2. The molecule has 2 aromatic carbocycles. The molecule has 1 heterocycles. The van der Waals surface area contributed by atoms with Crippen molar-refractivity contribution in [3.8, 4) is 6.07 Å². The molecule has 9 heteroatoms. The standard InChI is InChI=1S/C24H22F3N3O3/c1-33-23(32)15-4-2-14(3-5-15)22(31)29-21-17-6-7-18(21)13-30(12-17)19-9-8-16(11-28)20(10-19)24(25,26)27/h2-5,8-10,17-18,21H,6-7,12-13H2,1H3,(H,29,31). The molecule has 0 spiro atoms. The maximum absolute atomic E-state index is 13.4. The van der Waals surface area contributed by atoms with E-state index in [-0.39, 0.29) is 23.8 Å². The number of nitrogens with one attached hydrogen (secondary N) is 1. The van der Waals surface area contributed by atoms with Gasteiger partial charge in [-0.3, -0.25) is 4.79 Å². The van der Waals surface area contributed by atoms with Gasteiger partial charge in [-0.2, -0.15) is 18.4 Å². The third kappa shape index (κ3) is 4.51. The Kier molecular flexibility index (Phi) is 6.02. The monoisotopic (exact) mass is 457 g/mol. The molecular weight excluding hydrogens is 435 g/mol. The smallest absolute Gasteiger partial charge is 0.417 e. The van der Waals surface area contributed by atoms with Gasteiger partial charge in [0.2, 0.25) is 0 Å². The van der Waals surface area contributed by atoms with Crippen molar-refractivity contribution in [1.29, 1.82) is 5.26 Å². The fourth-order valence-electron chi connectivity index (χ4n) is 4.84. The predicted octanol–water partition coefficient (Wildman–Crippen LogP) is 4.01. The average Bonchev–Trinajstić information content (AvgIpc) is 3.03. The third-order valence-electron chi connectivity index (χ3n) is 6.49. The van der Waals surface area contributed by atoms with E-state index < -0.39 is 23.3 Å². The first-order chi connectivity index (χ1) is 15.7. The van der Waals surface area contributed by atoms with Gasteiger partial charge in [-0.05, 0) is 67.1 Å². The number of carbonyl (C=O) groups is 2. The molecular formula is C24H22F3N3O3. The van der Waals surface area contributed by atoms with Crippen LogP contribution in [0, 0.1) is 23.2 Å². The minimum absolute atomic E-state index is 0.0745. The zero-order chi connectivity index (χ0) is 23.8. The fraction of sp³-hybridized carbons (Fsp3) is 0.375. The Hall–Kier alpha value is -3.54. The van der Waals surface area contributed by atoms with Crippen LogP contribution in [0.15, 0.2) is 42.5 Å². The molecule has 6 nitrogen and oxygen atoms in total. The number of rotatable bonds is 4. The van der Waals surface area contributed by atoms with E-state index in [4.69, 9.17) is 5.26 Å². The lowest BCUT2D eigenvalue weighted by Gasteiger charge is -2.40. The first-order valence-corrected chi connectivity index (χ1v) is 10.6. The van der Waals surface area contributed by atoms with Crippen molar-refractivity contribution in [3.05, 3.63) is 64.7 Å². The van der Waals surface area contributed by atoms with Crippen molar-refractivity contribution in [2.24, 2.45) is 11.8 Å². The number of fused-ring (bicyclic) bond motifs is 2. The molecule has 1 saturated heterocycles. The summed E-state index contributed by atoms with van der Waals surface area (Å²) < 4.78 is 44.7.